The van der Waals surface area contributed by atoms with Gasteiger partial charge in [-0.3, -0.25) is 0 Å². The Bertz CT molecular complexity index is 2340. The summed E-state index contributed by atoms with van der Waals surface area (Å²) in [6, 6.07) is 23.0. The molecule has 1 aromatic heterocycles. The number of hydrogen-bond donors (Lipinski definition) is 0. The zero-order valence-corrected chi connectivity index (χ0v) is 32.2. The average Bonchev–Trinajstić information content (AvgIpc) is 3.21. The molecule has 12 heteroatoms. The predicted molar refractivity (Wildman–Crippen MR) is 208 cm³/mol. The minimum absolute atomic E-state index is 0.0957. The fraction of sp³-hybridized carbons (Fsp3) is 0.279. The lowest BCUT2D eigenvalue weighted by Crippen LogP contribution is -2.11. The second-order valence-corrected chi connectivity index (χ2v) is 12.3. The van der Waals surface area contributed by atoms with Gasteiger partial charge < -0.3 is 51.8 Å². The van der Waals surface area contributed by atoms with Crippen LogP contribution in [0.25, 0.3) is 32.9 Å². The van der Waals surface area contributed by atoms with Gasteiger partial charge in [-0.25, -0.2) is 4.79 Å². The SMILES string of the molecule is COCc1cc(OC)c(OC)c(OC)c1-c1c(OC)c(OC)c(OC)c2c1c(=O)oc1c(OCc3ccccc3)c(OCc3ccccc3)cc(COC)c12. The molecular formula is C43H44O12. The zero-order chi connectivity index (χ0) is 39.1. The Labute approximate surface area is 318 Å². The van der Waals surface area contributed by atoms with Gasteiger partial charge in [0.15, 0.2) is 34.3 Å². The molecule has 0 aliphatic heterocycles. The Hall–Kier alpha value is -6.11. The summed E-state index contributed by atoms with van der Waals surface area (Å²) in [7, 11) is 12.1. The Balaban J connectivity index is 1.80. The van der Waals surface area contributed by atoms with E-state index in [-0.39, 0.29) is 77.5 Å². The monoisotopic (exact) mass is 752 g/mol. The summed E-state index contributed by atoms with van der Waals surface area (Å²) in [5.74, 6) is 2.11. The molecule has 0 N–H and O–H groups in total. The van der Waals surface area contributed by atoms with E-state index in [0.717, 1.165) is 11.1 Å². The van der Waals surface area contributed by atoms with Crippen molar-refractivity contribution in [2.45, 2.75) is 26.4 Å². The normalized spacial score (nSPS) is 11.1. The highest BCUT2D eigenvalue weighted by atomic mass is 16.5. The van der Waals surface area contributed by atoms with Crippen molar-refractivity contribution in [3.8, 4) is 57.1 Å². The molecule has 6 rings (SSSR count). The second-order valence-electron chi connectivity index (χ2n) is 12.3. The van der Waals surface area contributed by atoms with E-state index in [2.05, 4.69) is 0 Å². The molecule has 0 fully saturated rings. The summed E-state index contributed by atoms with van der Waals surface area (Å²) in [5.41, 5.74) is 3.15. The molecule has 0 aliphatic carbocycles. The highest BCUT2D eigenvalue weighted by Gasteiger charge is 2.34. The van der Waals surface area contributed by atoms with Crippen molar-refractivity contribution >= 4 is 21.7 Å². The van der Waals surface area contributed by atoms with Crippen molar-refractivity contribution in [1.29, 1.82) is 0 Å². The van der Waals surface area contributed by atoms with Gasteiger partial charge in [0, 0.05) is 36.1 Å². The molecule has 0 amide bonds. The first-order valence-electron chi connectivity index (χ1n) is 17.3. The highest BCUT2D eigenvalue weighted by Crippen LogP contribution is 2.57. The average molecular weight is 753 g/mol. The third kappa shape index (κ3) is 7.26. The fourth-order valence-corrected chi connectivity index (χ4v) is 6.85. The summed E-state index contributed by atoms with van der Waals surface area (Å²) in [6.45, 7) is 0.568. The predicted octanol–water partition coefficient (Wildman–Crippen LogP) is 8.12. The van der Waals surface area contributed by atoms with Gasteiger partial charge >= 0.3 is 5.63 Å². The third-order valence-corrected chi connectivity index (χ3v) is 9.14. The lowest BCUT2D eigenvalue weighted by atomic mass is 9.90. The summed E-state index contributed by atoms with van der Waals surface area (Å²) in [6.07, 6.45) is 0. The third-order valence-electron chi connectivity index (χ3n) is 9.14. The largest absolute Gasteiger partial charge is 0.493 e. The van der Waals surface area contributed by atoms with Crippen molar-refractivity contribution in [3.05, 3.63) is 105 Å². The lowest BCUT2D eigenvalue weighted by molar-refractivity contribution is 0.184. The van der Waals surface area contributed by atoms with Gasteiger partial charge in [0.25, 0.3) is 0 Å². The molecular weight excluding hydrogens is 708 g/mol. The quantitative estimate of drug-likeness (QED) is 0.0661. The maximum atomic E-state index is 14.9. The van der Waals surface area contributed by atoms with Crippen LogP contribution in [0, 0.1) is 0 Å². The number of fused-ring (bicyclic) bond motifs is 3. The van der Waals surface area contributed by atoms with Gasteiger partial charge in [0.2, 0.25) is 17.2 Å². The second kappa shape index (κ2) is 17.4. The van der Waals surface area contributed by atoms with Crippen LogP contribution in [-0.2, 0) is 35.9 Å². The van der Waals surface area contributed by atoms with E-state index in [1.54, 1.807) is 20.3 Å². The van der Waals surface area contributed by atoms with Crippen molar-refractivity contribution in [1.82, 2.24) is 0 Å². The number of methoxy groups -OCH3 is 8. The van der Waals surface area contributed by atoms with Crippen LogP contribution in [0.4, 0.5) is 0 Å². The first-order chi connectivity index (χ1) is 26.9. The van der Waals surface area contributed by atoms with Crippen LogP contribution >= 0.6 is 0 Å². The Kier molecular flexibility index (Phi) is 12.2. The molecule has 0 spiro atoms. The van der Waals surface area contributed by atoms with Crippen LogP contribution < -0.4 is 43.5 Å². The van der Waals surface area contributed by atoms with Gasteiger partial charge in [-0.2, -0.15) is 0 Å². The van der Waals surface area contributed by atoms with Gasteiger partial charge in [-0.05, 0) is 34.4 Å². The fourth-order valence-electron chi connectivity index (χ4n) is 6.85. The molecule has 6 aromatic rings. The van der Waals surface area contributed by atoms with Gasteiger partial charge in [0.1, 0.15) is 13.2 Å². The first kappa shape index (κ1) is 38.6. The molecule has 288 valence electrons. The van der Waals surface area contributed by atoms with E-state index in [4.69, 9.17) is 51.8 Å². The maximum absolute atomic E-state index is 14.9. The molecule has 0 saturated carbocycles. The molecule has 0 saturated heterocycles. The van der Waals surface area contributed by atoms with E-state index >= 15 is 0 Å². The van der Waals surface area contributed by atoms with Crippen LogP contribution in [0.2, 0.25) is 0 Å². The number of hydrogen-bond acceptors (Lipinski definition) is 12. The standard InChI is InChI=1S/C43H44O12/c1-45-23-27-19-29(47-3)36(48-4)38(49-5)31(27)33-35-34(40(51-7)42(52-8)39(33)50-6)32-28(24-46-2)20-30(53-21-25-15-11-9-12-16-25)37(41(32)55-43(35)44)54-22-26-17-13-10-14-18-26/h9-20H,21-24H2,1-8H3. The molecule has 12 nitrogen and oxygen atoms in total. The maximum Gasteiger partial charge on any atom is 0.345 e. The summed E-state index contributed by atoms with van der Waals surface area (Å²) >= 11 is 0. The highest BCUT2D eigenvalue weighted by molar-refractivity contribution is 6.18. The van der Waals surface area contributed by atoms with E-state index in [1.165, 1.54) is 42.7 Å². The molecule has 0 bridgehead atoms. The van der Waals surface area contributed by atoms with Gasteiger partial charge in [0.05, 0.1) is 61.3 Å². The lowest BCUT2D eigenvalue weighted by Gasteiger charge is -2.25. The molecule has 0 aliphatic rings. The Morgan fingerprint density at radius 3 is 1.53 bits per heavy atom. The van der Waals surface area contributed by atoms with Crippen molar-refractivity contribution < 1.29 is 51.8 Å². The van der Waals surface area contributed by atoms with E-state index < -0.39 is 5.63 Å². The number of benzene rings is 5. The van der Waals surface area contributed by atoms with Crippen molar-refractivity contribution in [3.63, 3.8) is 0 Å². The molecule has 0 unspecified atom stereocenters. The van der Waals surface area contributed by atoms with E-state index in [0.29, 0.717) is 39.0 Å². The van der Waals surface area contributed by atoms with Gasteiger partial charge in [-0.15, -0.1) is 0 Å². The summed E-state index contributed by atoms with van der Waals surface area (Å²) in [5, 5.41) is 0.931. The van der Waals surface area contributed by atoms with Crippen molar-refractivity contribution in [2.75, 3.05) is 56.9 Å². The van der Waals surface area contributed by atoms with Crippen LogP contribution in [0.5, 0.6) is 46.0 Å². The topological polar surface area (TPSA) is 123 Å². The van der Waals surface area contributed by atoms with E-state index in [1.807, 2.05) is 66.7 Å². The summed E-state index contributed by atoms with van der Waals surface area (Å²) < 4.78 is 66.5. The Morgan fingerprint density at radius 2 is 0.982 bits per heavy atom. The molecule has 5 aromatic carbocycles. The Morgan fingerprint density at radius 1 is 0.455 bits per heavy atom. The zero-order valence-electron chi connectivity index (χ0n) is 32.2. The minimum atomic E-state index is -0.731. The van der Waals surface area contributed by atoms with Crippen LogP contribution in [-0.4, -0.2) is 56.9 Å². The van der Waals surface area contributed by atoms with Gasteiger partial charge in [-0.1, -0.05) is 60.7 Å². The van der Waals surface area contributed by atoms with Crippen LogP contribution in [0.15, 0.2) is 82.0 Å². The minimum Gasteiger partial charge on any atom is -0.493 e. The molecule has 0 radical (unpaired) electrons. The summed E-state index contributed by atoms with van der Waals surface area (Å²) in [4.78, 5) is 14.9. The van der Waals surface area contributed by atoms with Crippen molar-refractivity contribution in [2.24, 2.45) is 0 Å². The smallest absolute Gasteiger partial charge is 0.345 e. The molecule has 1 heterocycles. The van der Waals surface area contributed by atoms with E-state index in [9.17, 15) is 4.79 Å². The molecule has 55 heavy (non-hydrogen) atoms. The molecule has 0 atom stereocenters. The number of ether oxygens (including phenoxy) is 10. The number of rotatable bonds is 17. The first-order valence-corrected chi connectivity index (χ1v) is 17.3. The van der Waals surface area contributed by atoms with Crippen LogP contribution in [0.1, 0.15) is 22.3 Å². The van der Waals surface area contributed by atoms with Crippen LogP contribution in [0.3, 0.4) is 0 Å².